The van der Waals surface area contributed by atoms with E-state index >= 15 is 0 Å². The van der Waals surface area contributed by atoms with Crippen LogP contribution in [0.3, 0.4) is 0 Å². The van der Waals surface area contributed by atoms with Gasteiger partial charge in [0.25, 0.3) is 5.91 Å². The topological polar surface area (TPSA) is 76.8 Å². The van der Waals surface area contributed by atoms with Gasteiger partial charge in [-0.25, -0.2) is 0 Å². The first-order chi connectivity index (χ1) is 14.4. The SMILES string of the molecule is COc1ccc(-c2cc(C(=O)NCC(c3ccc(Cl)cc3)N(C)C)no2)cc1OC. The van der Waals surface area contributed by atoms with E-state index in [9.17, 15) is 4.79 Å². The molecule has 0 aliphatic carbocycles. The maximum absolute atomic E-state index is 12.6. The molecule has 0 saturated heterocycles. The molecule has 7 nitrogen and oxygen atoms in total. The summed E-state index contributed by atoms with van der Waals surface area (Å²) < 4.78 is 15.9. The molecule has 3 aromatic rings. The molecule has 30 heavy (non-hydrogen) atoms. The molecule has 1 heterocycles. The van der Waals surface area contributed by atoms with Crippen LogP contribution in [0, 0.1) is 0 Å². The summed E-state index contributed by atoms with van der Waals surface area (Å²) in [5.41, 5.74) is 1.98. The molecule has 0 radical (unpaired) electrons. The minimum absolute atomic E-state index is 0.0107. The third kappa shape index (κ3) is 4.93. The molecule has 1 unspecified atom stereocenters. The molecule has 3 rings (SSSR count). The second-order valence-corrected chi connectivity index (χ2v) is 7.32. The van der Waals surface area contributed by atoms with E-state index in [1.807, 2.05) is 49.3 Å². The second-order valence-electron chi connectivity index (χ2n) is 6.89. The van der Waals surface area contributed by atoms with Gasteiger partial charge >= 0.3 is 0 Å². The fraction of sp³-hybridized carbons (Fsp3) is 0.273. The largest absolute Gasteiger partial charge is 0.493 e. The molecule has 1 N–H and O–H groups in total. The molecule has 0 bridgehead atoms. The van der Waals surface area contributed by atoms with Crippen molar-refractivity contribution in [1.82, 2.24) is 15.4 Å². The Labute approximate surface area is 180 Å². The standard InChI is InChI=1S/C22H24ClN3O4/c1-26(2)18(14-5-8-16(23)9-6-14)13-24-22(27)17-12-20(30-25-17)15-7-10-19(28-3)21(11-15)29-4/h5-12,18H,13H2,1-4H3,(H,24,27). The van der Waals surface area contributed by atoms with Gasteiger partial charge in [-0.15, -0.1) is 0 Å². The summed E-state index contributed by atoms with van der Waals surface area (Å²) in [7, 11) is 7.04. The predicted molar refractivity (Wildman–Crippen MR) is 115 cm³/mol. The van der Waals surface area contributed by atoms with Gasteiger partial charge < -0.3 is 24.2 Å². The van der Waals surface area contributed by atoms with E-state index in [0.29, 0.717) is 28.8 Å². The van der Waals surface area contributed by atoms with Gasteiger partial charge in [0, 0.05) is 23.2 Å². The number of ether oxygens (including phenoxy) is 2. The van der Waals surface area contributed by atoms with Crippen LogP contribution in [0.1, 0.15) is 22.1 Å². The summed E-state index contributed by atoms with van der Waals surface area (Å²) in [5.74, 6) is 1.32. The minimum Gasteiger partial charge on any atom is -0.493 e. The first kappa shape index (κ1) is 21.7. The fourth-order valence-electron chi connectivity index (χ4n) is 3.07. The fourth-order valence-corrected chi connectivity index (χ4v) is 3.20. The highest BCUT2D eigenvalue weighted by molar-refractivity contribution is 6.30. The number of rotatable bonds is 8. The molecule has 1 amide bonds. The quantitative estimate of drug-likeness (QED) is 0.582. The molecule has 8 heteroatoms. The van der Waals surface area contributed by atoms with Gasteiger partial charge in [0.05, 0.1) is 20.3 Å². The highest BCUT2D eigenvalue weighted by Crippen LogP contribution is 2.32. The molecular weight excluding hydrogens is 406 g/mol. The highest BCUT2D eigenvalue weighted by Gasteiger charge is 2.19. The first-order valence-corrected chi connectivity index (χ1v) is 9.70. The van der Waals surface area contributed by atoms with Crippen LogP contribution in [0.2, 0.25) is 5.02 Å². The van der Waals surface area contributed by atoms with Gasteiger partial charge in [-0.05, 0) is 50.0 Å². The summed E-state index contributed by atoms with van der Waals surface area (Å²) in [6.45, 7) is 0.409. The van der Waals surface area contributed by atoms with Crippen LogP contribution >= 0.6 is 11.6 Å². The van der Waals surface area contributed by atoms with E-state index in [0.717, 1.165) is 11.1 Å². The average Bonchev–Trinajstić information content (AvgIpc) is 3.24. The number of benzene rings is 2. The predicted octanol–water partition coefficient (Wildman–Crippen LogP) is 4.04. The minimum atomic E-state index is -0.314. The van der Waals surface area contributed by atoms with Gasteiger partial charge in [0.2, 0.25) is 0 Å². The highest BCUT2D eigenvalue weighted by atomic mass is 35.5. The Bertz CT molecular complexity index is 1000. The third-order valence-electron chi connectivity index (χ3n) is 4.74. The normalized spacial score (nSPS) is 11.9. The lowest BCUT2D eigenvalue weighted by Gasteiger charge is -2.25. The number of aromatic nitrogens is 1. The van der Waals surface area contributed by atoms with E-state index in [1.165, 1.54) is 0 Å². The number of likely N-dealkylation sites (N-methyl/N-ethyl adjacent to an activating group) is 1. The van der Waals surface area contributed by atoms with E-state index in [4.69, 9.17) is 25.6 Å². The van der Waals surface area contributed by atoms with Crippen molar-refractivity contribution >= 4 is 17.5 Å². The molecule has 158 valence electrons. The maximum Gasteiger partial charge on any atom is 0.273 e. The van der Waals surface area contributed by atoms with Crippen LogP contribution in [0.4, 0.5) is 0 Å². The number of carbonyl (C=O) groups excluding carboxylic acids is 1. The Morgan fingerprint density at radius 1 is 1.10 bits per heavy atom. The summed E-state index contributed by atoms with van der Waals surface area (Å²) in [6.07, 6.45) is 0. The number of carbonyl (C=O) groups is 1. The lowest BCUT2D eigenvalue weighted by molar-refractivity contribution is 0.0933. The van der Waals surface area contributed by atoms with Gasteiger partial charge in [0.15, 0.2) is 23.0 Å². The molecule has 0 fully saturated rings. The van der Waals surface area contributed by atoms with Crippen LogP contribution in [0.15, 0.2) is 53.1 Å². The Morgan fingerprint density at radius 3 is 2.43 bits per heavy atom. The average molecular weight is 430 g/mol. The maximum atomic E-state index is 12.6. The van der Waals surface area contributed by atoms with Crippen LogP contribution in [0.5, 0.6) is 11.5 Å². The van der Waals surface area contributed by atoms with E-state index < -0.39 is 0 Å². The molecule has 0 aliphatic heterocycles. The second kappa shape index (κ2) is 9.65. The van der Waals surface area contributed by atoms with E-state index in [2.05, 4.69) is 10.5 Å². The van der Waals surface area contributed by atoms with Gasteiger partial charge in [0.1, 0.15) is 0 Å². The summed E-state index contributed by atoms with van der Waals surface area (Å²) >= 11 is 5.98. The monoisotopic (exact) mass is 429 g/mol. The van der Waals surface area contributed by atoms with Crippen LogP contribution < -0.4 is 14.8 Å². The number of nitrogens with one attached hydrogen (secondary N) is 1. The Hall–Kier alpha value is -3.03. The van der Waals surface area contributed by atoms with Crippen molar-refractivity contribution in [3.63, 3.8) is 0 Å². The zero-order valence-electron chi connectivity index (χ0n) is 17.3. The van der Waals surface area contributed by atoms with Crippen LogP contribution in [-0.2, 0) is 0 Å². The molecule has 0 spiro atoms. The molecule has 1 atom stereocenters. The number of hydrogen-bond acceptors (Lipinski definition) is 6. The summed E-state index contributed by atoms with van der Waals surface area (Å²) in [4.78, 5) is 14.6. The van der Waals surface area contributed by atoms with Crippen molar-refractivity contribution in [2.24, 2.45) is 0 Å². The van der Waals surface area contributed by atoms with Gasteiger partial charge in [-0.3, -0.25) is 4.79 Å². The number of amides is 1. The van der Waals surface area contributed by atoms with Crippen molar-refractivity contribution in [2.75, 3.05) is 34.9 Å². The lowest BCUT2D eigenvalue weighted by atomic mass is 10.1. The number of nitrogens with zero attached hydrogens (tertiary/aromatic N) is 2. The van der Waals surface area contributed by atoms with Crippen LogP contribution in [-0.4, -0.2) is 50.8 Å². The van der Waals surface area contributed by atoms with E-state index in [-0.39, 0.29) is 17.6 Å². The first-order valence-electron chi connectivity index (χ1n) is 9.32. The Morgan fingerprint density at radius 2 is 1.80 bits per heavy atom. The van der Waals surface area contributed by atoms with Crippen LogP contribution in [0.25, 0.3) is 11.3 Å². The molecule has 1 aromatic heterocycles. The molecule has 0 aliphatic rings. The van der Waals surface area contributed by atoms with Crippen molar-refractivity contribution < 1.29 is 18.8 Å². The zero-order chi connectivity index (χ0) is 21.7. The lowest BCUT2D eigenvalue weighted by Crippen LogP contribution is -2.34. The van der Waals surface area contributed by atoms with Gasteiger partial charge in [-0.1, -0.05) is 28.9 Å². The third-order valence-corrected chi connectivity index (χ3v) is 5.00. The van der Waals surface area contributed by atoms with Crippen molar-refractivity contribution in [2.45, 2.75) is 6.04 Å². The number of halogens is 1. The zero-order valence-corrected chi connectivity index (χ0v) is 18.1. The van der Waals surface area contributed by atoms with E-state index in [1.54, 1.807) is 32.4 Å². The smallest absolute Gasteiger partial charge is 0.273 e. The number of methoxy groups -OCH3 is 2. The van der Waals surface area contributed by atoms with Crippen molar-refractivity contribution in [3.8, 4) is 22.8 Å². The number of hydrogen-bond donors (Lipinski definition) is 1. The molecular formula is C22H24ClN3O4. The van der Waals surface area contributed by atoms with Gasteiger partial charge in [-0.2, -0.15) is 0 Å². The Kier molecular flexibility index (Phi) is 6.97. The molecule has 0 saturated carbocycles. The van der Waals surface area contributed by atoms with Crippen molar-refractivity contribution in [3.05, 3.63) is 64.8 Å². The Balaban J connectivity index is 1.71. The molecule has 2 aromatic carbocycles. The summed E-state index contributed by atoms with van der Waals surface area (Å²) in [5, 5.41) is 7.50. The van der Waals surface area contributed by atoms with Crippen molar-refractivity contribution in [1.29, 1.82) is 0 Å². The summed E-state index contributed by atoms with van der Waals surface area (Å²) in [6, 6.07) is 14.5.